The second-order valence-electron chi connectivity index (χ2n) is 8.35. The van der Waals surface area contributed by atoms with Crippen molar-refractivity contribution in [1.29, 1.82) is 0 Å². The minimum Gasteiger partial charge on any atom is -0.373 e. The van der Waals surface area contributed by atoms with Crippen molar-refractivity contribution in [2.24, 2.45) is 5.92 Å². The van der Waals surface area contributed by atoms with E-state index < -0.39 is 0 Å². The lowest BCUT2D eigenvalue weighted by molar-refractivity contribution is -0.133. The summed E-state index contributed by atoms with van der Waals surface area (Å²) in [6, 6.07) is 7.17. The fraction of sp³-hybridized carbons (Fsp3) is 0.409. The summed E-state index contributed by atoms with van der Waals surface area (Å²) in [5.41, 5.74) is 1.59. The Hall–Kier alpha value is -2.51. The van der Waals surface area contributed by atoms with Gasteiger partial charge in [-0.3, -0.25) is 4.79 Å². The number of likely N-dealkylation sites (tertiary alicyclic amines) is 1. The Bertz CT molecular complexity index is 1080. The molecule has 1 aromatic carbocycles. The maximum absolute atomic E-state index is 13.5. The topological polar surface area (TPSA) is 85.9 Å². The molecule has 2 atom stereocenters. The smallest absolute Gasteiger partial charge is 0.245 e. The van der Waals surface area contributed by atoms with Crippen molar-refractivity contribution in [2.45, 2.75) is 37.8 Å². The Morgan fingerprint density at radius 3 is 2.74 bits per heavy atom. The molecule has 3 N–H and O–H groups in total. The number of anilines is 2. The third-order valence-corrected chi connectivity index (χ3v) is 6.41. The quantitative estimate of drug-likeness (QED) is 0.503. The fourth-order valence-electron chi connectivity index (χ4n) is 4.30. The Morgan fingerprint density at radius 2 is 1.97 bits per heavy atom. The van der Waals surface area contributed by atoms with Crippen molar-refractivity contribution in [3.8, 4) is 0 Å². The molecule has 5 rings (SSSR count). The van der Waals surface area contributed by atoms with E-state index in [0.29, 0.717) is 22.5 Å². The molecule has 0 unspecified atom stereocenters. The number of rotatable bonds is 6. The molecule has 162 valence electrons. The van der Waals surface area contributed by atoms with Gasteiger partial charge in [-0.1, -0.05) is 23.2 Å². The van der Waals surface area contributed by atoms with Gasteiger partial charge in [-0.2, -0.15) is 0 Å². The third-order valence-electron chi connectivity index (χ3n) is 5.97. The SMILES string of the molecule is O=C([C@H](Nc1cc(Cl)cc(Cl)c1)C1CC1)N1CCC[C@H](Nc2ncnc3[nH]ccc23)C1. The third kappa shape index (κ3) is 4.57. The summed E-state index contributed by atoms with van der Waals surface area (Å²) in [5, 5.41) is 8.99. The second kappa shape index (κ2) is 8.55. The minimum absolute atomic E-state index is 0.138. The van der Waals surface area contributed by atoms with Crippen LogP contribution in [0, 0.1) is 5.92 Å². The van der Waals surface area contributed by atoms with Crippen LogP contribution in [-0.4, -0.2) is 50.9 Å². The zero-order valence-corrected chi connectivity index (χ0v) is 18.5. The Kier molecular flexibility index (Phi) is 5.63. The molecular weight excluding hydrogens is 435 g/mol. The van der Waals surface area contributed by atoms with Gasteiger partial charge in [-0.25, -0.2) is 9.97 Å². The van der Waals surface area contributed by atoms with E-state index in [1.165, 1.54) is 0 Å². The monoisotopic (exact) mass is 458 g/mol. The molecule has 9 heteroatoms. The highest BCUT2D eigenvalue weighted by atomic mass is 35.5. The molecule has 31 heavy (non-hydrogen) atoms. The van der Waals surface area contributed by atoms with Gasteiger partial charge in [0.2, 0.25) is 5.91 Å². The van der Waals surface area contributed by atoms with Crippen molar-refractivity contribution in [3.63, 3.8) is 0 Å². The number of hydrogen-bond acceptors (Lipinski definition) is 5. The molecule has 7 nitrogen and oxygen atoms in total. The number of piperidine rings is 1. The van der Waals surface area contributed by atoms with Gasteiger partial charge in [0.1, 0.15) is 23.8 Å². The number of aromatic amines is 1. The van der Waals surface area contributed by atoms with Crippen molar-refractivity contribution in [2.75, 3.05) is 23.7 Å². The maximum atomic E-state index is 13.5. The van der Waals surface area contributed by atoms with Crippen molar-refractivity contribution < 1.29 is 4.79 Å². The van der Waals surface area contributed by atoms with Crippen LogP contribution < -0.4 is 10.6 Å². The first-order valence-electron chi connectivity index (χ1n) is 10.6. The van der Waals surface area contributed by atoms with Gasteiger partial charge in [-0.05, 0) is 55.9 Å². The number of benzene rings is 1. The second-order valence-corrected chi connectivity index (χ2v) is 9.22. The van der Waals surface area contributed by atoms with Crippen LogP contribution in [0.25, 0.3) is 11.0 Å². The van der Waals surface area contributed by atoms with E-state index in [2.05, 4.69) is 25.6 Å². The van der Waals surface area contributed by atoms with E-state index in [9.17, 15) is 4.79 Å². The first-order valence-corrected chi connectivity index (χ1v) is 11.4. The van der Waals surface area contributed by atoms with E-state index in [4.69, 9.17) is 23.2 Å². The van der Waals surface area contributed by atoms with E-state index >= 15 is 0 Å². The lowest BCUT2D eigenvalue weighted by atomic mass is 10.0. The standard InChI is InChI=1S/C22H24Cl2N6O/c23-14-8-15(24)10-17(9-14)28-19(13-3-4-13)22(31)30-7-1-2-16(11-30)29-21-18-5-6-25-20(18)26-12-27-21/h5-6,8-10,12-13,16,19,28H,1-4,7,11H2,(H2,25,26,27,29)/t16-,19+/m0/s1. The fourth-order valence-corrected chi connectivity index (χ4v) is 4.83. The number of hydrogen-bond donors (Lipinski definition) is 3. The van der Waals surface area contributed by atoms with Gasteiger partial charge in [-0.15, -0.1) is 0 Å². The highest BCUT2D eigenvalue weighted by molar-refractivity contribution is 6.35. The van der Waals surface area contributed by atoms with Crippen LogP contribution in [0.4, 0.5) is 11.5 Å². The molecule has 1 saturated heterocycles. The summed E-state index contributed by atoms with van der Waals surface area (Å²) < 4.78 is 0. The minimum atomic E-state index is -0.260. The molecule has 1 saturated carbocycles. The summed E-state index contributed by atoms with van der Waals surface area (Å²) in [6.45, 7) is 1.41. The summed E-state index contributed by atoms with van der Waals surface area (Å²) in [5.74, 6) is 1.29. The number of fused-ring (bicyclic) bond motifs is 1. The number of amides is 1. The van der Waals surface area contributed by atoms with Crippen LogP contribution >= 0.6 is 23.2 Å². The van der Waals surface area contributed by atoms with Gasteiger partial charge in [0.05, 0.1) is 5.39 Å². The molecule has 3 heterocycles. The predicted octanol–water partition coefficient (Wildman–Crippen LogP) is 4.56. The average Bonchev–Trinajstić information content (AvgIpc) is 3.47. The van der Waals surface area contributed by atoms with Crippen LogP contribution in [0.3, 0.4) is 0 Å². The molecule has 2 aliphatic rings. The van der Waals surface area contributed by atoms with Gasteiger partial charge in [0.15, 0.2) is 0 Å². The number of nitrogens with zero attached hydrogens (tertiary/aromatic N) is 3. The molecule has 1 aliphatic carbocycles. The average molecular weight is 459 g/mol. The molecule has 2 aromatic heterocycles. The van der Waals surface area contributed by atoms with Crippen molar-refractivity contribution in [1.82, 2.24) is 19.9 Å². The summed E-state index contributed by atoms with van der Waals surface area (Å²) in [7, 11) is 0. The Balaban J connectivity index is 1.29. The molecule has 1 aliphatic heterocycles. The zero-order chi connectivity index (χ0) is 21.4. The lowest BCUT2D eigenvalue weighted by Gasteiger charge is -2.36. The normalized spacial score (nSPS) is 19.9. The van der Waals surface area contributed by atoms with E-state index in [-0.39, 0.29) is 18.0 Å². The van der Waals surface area contributed by atoms with Crippen LogP contribution in [0.1, 0.15) is 25.7 Å². The first kappa shape index (κ1) is 20.4. The maximum Gasteiger partial charge on any atom is 0.245 e. The Morgan fingerprint density at radius 1 is 1.16 bits per heavy atom. The number of nitrogens with one attached hydrogen (secondary N) is 3. The lowest BCUT2D eigenvalue weighted by Crippen LogP contribution is -2.51. The molecule has 3 aromatic rings. The molecule has 1 amide bonds. The van der Waals surface area contributed by atoms with Gasteiger partial charge >= 0.3 is 0 Å². The van der Waals surface area contributed by atoms with Crippen molar-refractivity contribution in [3.05, 3.63) is 46.8 Å². The molecule has 2 fully saturated rings. The van der Waals surface area contributed by atoms with Crippen LogP contribution in [0.5, 0.6) is 0 Å². The highest BCUT2D eigenvalue weighted by Crippen LogP contribution is 2.36. The summed E-state index contributed by atoms with van der Waals surface area (Å²) in [6.07, 6.45) is 7.46. The predicted molar refractivity (Wildman–Crippen MR) is 124 cm³/mol. The highest BCUT2D eigenvalue weighted by Gasteiger charge is 2.39. The first-order chi connectivity index (χ1) is 15.1. The van der Waals surface area contributed by atoms with Crippen LogP contribution in [0.2, 0.25) is 10.0 Å². The van der Waals surface area contributed by atoms with E-state index in [1.54, 1.807) is 12.4 Å². The molecule has 0 radical (unpaired) electrons. The van der Waals surface area contributed by atoms with E-state index in [1.807, 2.05) is 29.3 Å². The zero-order valence-electron chi connectivity index (χ0n) is 16.9. The van der Waals surface area contributed by atoms with Crippen molar-refractivity contribution >= 4 is 51.6 Å². The van der Waals surface area contributed by atoms with Crippen LogP contribution in [0.15, 0.2) is 36.8 Å². The Labute approximate surface area is 190 Å². The molecule has 0 spiro atoms. The summed E-state index contributed by atoms with van der Waals surface area (Å²) >= 11 is 12.3. The van der Waals surface area contributed by atoms with Gasteiger partial charge < -0.3 is 20.5 Å². The molecule has 0 bridgehead atoms. The largest absolute Gasteiger partial charge is 0.373 e. The van der Waals surface area contributed by atoms with Gasteiger partial charge in [0, 0.05) is 41.1 Å². The number of halogens is 2. The number of aromatic nitrogens is 3. The number of H-pyrrole nitrogens is 1. The van der Waals surface area contributed by atoms with E-state index in [0.717, 1.165) is 54.8 Å². The number of carbonyl (C=O) groups excluding carboxylic acids is 1. The molecular formula is C22H24Cl2N6O. The van der Waals surface area contributed by atoms with Crippen LogP contribution in [-0.2, 0) is 4.79 Å². The summed E-state index contributed by atoms with van der Waals surface area (Å²) in [4.78, 5) is 27.2. The van der Waals surface area contributed by atoms with Gasteiger partial charge in [0.25, 0.3) is 0 Å². The number of carbonyl (C=O) groups is 1.